The van der Waals surface area contributed by atoms with Gasteiger partial charge in [0.05, 0.1) is 14.3 Å². The normalized spacial score (nSPS) is 15.0. The Bertz CT molecular complexity index is 1780. The molecule has 2 aromatic carbocycles. The first-order chi connectivity index (χ1) is 17.5. The summed E-state index contributed by atoms with van der Waals surface area (Å²) in [4.78, 5) is 19.7. The van der Waals surface area contributed by atoms with Crippen LogP contribution in [0, 0.1) is 6.92 Å². The SMILES string of the molecule is Cc1ccc(CC2Nc3c(-c4cc5sc6ccsc6c5s4)nc(-c4ccc(O)cc4)c[n+]3C2=O)cc1. The first kappa shape index (κ1) is 21.7. The zero-order valence-electron chi connectivity index (χ0n) is 19.2. The van der Waals surface area contributed by atoms with Gasteiger partial charge in [0.2, 0.25) is 0 Å². The number of aryl methyl sites for hydroxylation is 1. The molecule has 0 spiro atoms. The molecule has 8 heteroatoms. The summed E-state index contributed by atoms with van der Waals surface area (Å²) in [5.74, 6) is 0.936. The van der Waals surface area contributed by atoms with Crippen molar-refractivity contribution in [2.45, 2.75) is 19.4 Å². The fraction of sp³-hybridized carbons (Fsp3) is 0.107. The number of hydrogen-bond acceptors (Lipinski definition) is 7. The van der Waals surface area contributed by atoms with Crippen LogP contribution in [-0.2, 0) is 6.42 Å². The summed E-state index contributed by atoms with van der Waals surface area (Å²) in [5.41, 5.74) is 4.63. The van der Waals surface area contributed by atoms with Crippen molar-refractivity contribution >= 4 is 64.5 Å². The van der Waals surface area contributed by atoms with Gasteiger partial charge in [-0.1, -0.05) is 29.8 Å². The highest BCUT2D eigenvalue weighted by Gasteiger charge is 2.41. The summed E-state index contributed by atoms with van der Waals surface area (Å²) in [7, 11) is 0. The quantitative estimate of drug-likeness (QED) is 0.246. The first-order valence-electron chi connectivity index (χ1n) is 11.6. The molecule has 0 aliphatic carbocycles. The lowest BCUT2D eigenvalue weighted by Crippen LogP contribution is -2.43. The molecule has 0 saturated heterocycles. The largest absolute Gasteiger partial charge is 0.508 e. The number of aromatic nitrogens is 2. The summed E-state index contributed by atoms with van der Waals surface area (Å²) in [6, 6.07) is 19.3. The third kappa shape index (κ3) is 3.52. The van der Waals surface area contributed by atoms with Crippen LogP contribution in [0.5, 0.6) is 5.75 Å². The Hall–Kier alpha value is -3.59. The first-order valence-corrected chi connectivity index (χ1v) is 14.1. The highest BCUT2D eigenvalue weighted by molar-refractivity contribution is 7.39. The Morgan fingerprint density at radius 3 is 2.61 bits per heavy atom. The Balaban J connectivity index is 1.36. The molecule has 5 nitrogen and oxygen atoms in total. The van der Waals surface area contributed by atoms with E-state index in [1.807, 2.05) is 18.3 Å². The molecule has 5 heterocycles. The van der Waals surface area contributed by atoms with Crippen molar-refractivity contribution in [1.29, 1.82) is 0 Å². The van der Waals surface area contributed by atoms with Crippen LogP contribution in [-0.4, -0.2) is 22.0 Å². The van der Waals surface area contributed by atoms with Crippen LogP contribution in [0.15, 0.2) is 72.2 Å². The van der Waals surface area contributed by atoms with Crippen LogP contribution < -0.4 is 9.88 Å². The number of phenolic OH excluding ortho intramolecular Hbond substituents is 1. The molecule has 0 fully saturated rings. The van der Waals surface area contributed by atoms with Crippen molar-refractivity contribution in [2.75, 3.05) is 5.32 Å². The molecule has 6 aromatic rings. The number of aromatic hydroxyl groups is 1. The van der Waals surface area contributed by atoms with Crippen molar-refractivity contribution in [3.8, 4) is 27.6 Å². The topological polar surface area (TPSA) is 66.1 Å². The molecular formula is C28H20N3O2S3+. The van der Waals surface area contributed by atoms with Crippen molar-refractivity contribution in [2.24, 2.45) is 0 Å². The van der Waals surface area contributed by atoms with Gasteiger partial charge in [-0.2, -0.15) is 4.57 Å². The molecule has 1 unspecified atom stereocenters. The number of benzene rings is 2. The number of thiophene rings is 3. The van der Waals surface area contributed by atoms with Crippen LogP contribution >= 0.6 is 34.0 Å². The van der Waals surface area contributed by atoms with Crippen molar-refractivity contribution in [1.82, 2.24) is 4.98 Å². The minimum absolute atomic E-state index is 0.00766. The van der Waals surface area contributed by atoms with E-state index in [9.17, 15) is 9.90 Å². The molecule has 0 amide bonds. The van der Waals surface area contributed by atoms with Crippen molar-refractivity contribution in [3.05, 3.63) is 83.4 Å². The van der Waals surface area contributed by atoms with E-state index in [2.05, 4.69) is 54.0 Å². The maximum Gasteiger partial charge on any atom is 0.359 e. The third-order valence-electron chi connectivity index (χ3n) is 6.51. The Kier molecular flexibility index (Phi) is 4.95. The van der Waals surface area contributed by atoms with E-state index >= 15 is 0 Å². The molecule has 0 bridgehead atoms. The van der Waals surface area contributed by atoms with Gasteiger partial charge in [0, 0.05) is 21.4 Å². The second kappa shape index (κ2) is 8.23. The number of carbonyl (C=O) groups is 1. The van der Waals surface area contributed by atoms with Gasteiger partial charge in [0.1, 0.15) is 17.6 Å². The van der Waals surface area contributed by atoms with Crippen LogP contribution in [0.1, 0.15) is 15.9 Å². The zero-order valence-corrected chi connectivity index (χ0v) is 21.6. The molecule has 36 heavy (non-hydrogen) atoms. The summed E-state index contributed by atoms with van der Waals surface area (Å²) in [5, 5.41) is 15.4. The lowest BCUT2D eigenvalue weighted by molar-refractivity contribution is -0.551. The Labute approximate surface area is 218 Å². The maximum absolute atomic E-state index is 13.6. The predicted molar refractivity (Wildman–Crippen MR) is 149 cm³/mol. The molecular weight excluding hydrogens is 507 g/mol. The van der Waals surface area contributed by atoms with Crippen LogP contribution in [0.4, 0.5) is 5.82 Å². The van der Waals surface area contributed by atoms with Gasteiger partial charge < -0.3 is 5.11 Å². The molecule has 0 saturated carbocycles. The molecule has 4 aromatic heterocycles. The minimum atomic E-state index is -0.367. The molecule has 1 aliphatic rings. The van der Waals surface area contributed by atoms with Gasteiger partial charge in [-0.25, -0.2) is 9.78 Å². The fourth-order valence-corrected chi connectivity index (χ4v) is 8.39. The smallest absolute Gasteiger partial charge is 0.359 e. The minimum Gasteiger partial charge on any atom is -0.508 e. The van der Waals surface area contributed by atoms with Gasteiger partial charge in [0.25, 0.3) is 0 Å². The lowest BCUT2D eigenvalue weighted by Gasteiger charge is -2.06. The highest BCUT2D eigenvalue weighted by atomic mass is 32.1. The van der Waals surface area contributed by atoms with Crippen molar-refractivity contribution in [3.63, 3.8) is 0 Å². The van der Waals surface area contributed by atoms with Crippen LogP contribution in [0.2, 0.25) is 0 Å². The number of carbonyl (C=O) groups excluding carboxylic acids is 1. The molecule has 176 valence electrons. The molecule has 0 radical (unpaired) electrons. The number of nitrogens with zero attached hydrogens (tertiary/aromatic N) is 2. The Morgan fingerprint density at radius 1 is 1.00 bits per heavy atom. The van der Waals surface area contributed by atoms with E-state index < -0.39 is 0 Å². The average molecular weight is 527 g/mol. The van der Waals surface area contributed by atoms with Crippen LogP contribution in [0.3, 0.4) is 0 Å². The standard InChI is InChI=1S/C28H19N3O2S3/c1-15-2-4-16(5-3-15)12-19-28(33)31-14-20(17-6-8-18(32)9-7-17)29-24(27(31)30-19)22-13-23-26(36-22)25-21(35-23)10-11-34-25/h2-11,13-14,19,32H,12H2,1H3/p+1. The predicted octanol–water partition coefficient (Wildman–Crippen LogP) is 6.89. The molecule has 1 atom stereocenters. The summed E-state index contributed by atoms with van der Waals surface area (Å²) >= 11 is 5.28. The summed E-state index contributed by atoms with van der Waals surface area (Å²) in [6.45, 7) is 2.06. The van der Waals surface area contributed by atoms with Gasteiger partial charge in [-0.05, 0) is 54.3 Å². The lowest BCUT2D eigenvalue weighted by atomic mass is 10.0. The van der Waals surface area contributed by atoms with E-state index in [1.165, 1.54) is 24.4 Å². The van der Waals surface area contributed by atoms with E-state index in [0.717, 1.165) is 27.5 Å². The number of phenols is 1. The van der Waals surface area contributed by atoms with Gasteiger partial charge in [0.15, 0.2) is 11.7 Å². The van der Waals surface area contributed by atoms with E-state index in [0.29, 0.717) is 12.1 Å². The fourth-order valence-electron chi connectivity index (χ4n) is 4.64. The summed E-state index contributed by atoms with van der Waals surface area (Å²) in [6.07, 6.45) is 2.41. The highest BCUT2D eigenvalue weighted by Crippen LogP contribution is 2.46. The maximum atomic E-state index is 13.6. The van der Waals surface area contributed by atoms with E-state index in [1.54, 1.807) is 50.7 Å². The number of hydrogen-bond donors (Lipinski definition) is 2. The van der Waals surface area contributed by atoms with Gasteiger partial charge in [-0.15, -0.1) is 34.0 Å². The average Bonchev–Trinajstić information content (AvgIpc) is 3.63. The summed E-state index contributed by atoms with van der Waals surface area (Å²) < 4.78 is 6.86. The molecule has 2 N–H and O–H groups in total. The third-order valence-corrected chi connectivity index (χ3v) is 10.1. The van der Waals surface area contributed by atoms with E-state index in [4.69, 9.17) is 4.98 Å². The Morgan fingerprint density at radius 2 is 1.81 bits per heavy atom. The number of rotatable bonds is 4. The number of anilines is 1. The molecule has 7 rings (SSSR count). The van der Waals surface area contributed by atoms with Crippen molar-refractivity contribution < 1.29 is 14.5 Å². The second-order valence-corrected chi connectivity index (χ2v) is 12.0. The van der Waals surface area contributed by atoms with Gasteiger partial charge >= 0.3 is 11.7 Å². The molecule has 1 aliphatic heterocycles. The van der Waals surface area contributed by atoms with Gasteiger partial charge in [-0.3, -0.25) is 5.32 Å². The monoisotopic (exact) mass is 526 g/mol. The van der Waals surface area contributed by atoms with E-state index in [-0.39, 0.29) is 17.7 Å². The number of nitrogens with one attached hydrogen (secondary N) is 1. The van der Waals surface area contributed by atoms with Crippen LogP contribution in [0.25, 0.3) is 40.6 Å². The number of fused-ring (bicyclic) bond motifs is 4. The second-order valence-electron chi connectivity index (χ2n) is 8.99. The zero-order chi connectivity index (χ0) is 24.4.